The standard InChI is InChI=1S/C10H22N2O2/c1-3-5-9(8-11)10(13)12-6-7-14-4-2/h9H,3-8,11H2,1-2H3,(H,12,13). The largest absolute Gasteiger partial charge is 0.380 e. The zero-order chi connectivity index (χ0) is 10.8. The summed E-state index contributed by atoms with van der Waals surface area (Å²) in [6.45, 7) is 6.25. The molecule has 1 amide bonds. The lowest BCUT2D eigenvalue weighted by Crippen LogP contribution is -2.36. The molecule has 1 unspecified atom stereocenters. The summed E-state index contributed by atoms with van der Waals surface area (Å²) in [5.41, 5.74) is 5.50. The van der Waals surface area contributed by atoms with Gasteiger partial charge in [-0.15, -0.1) is 0 Å². The van der Waals surface area contributed by atoms with E-state index in [1.54, 1.807) is 0 Å². The Labute approximate surface area is 86.2 Å². The van der Waals surface area contributed by atoms with Crippen LogP contribution >= 0.6 is 0 Å². The predicted octanol–water partition coefficient (Wildman–Crippen LogP) is 0.514. The third-order valence-corrected chi connectivity index (χ3v) is 2.04. The van der Waals surface area contributed by atoms with Crippen molar-refractivity contribution in [1.82, 2.24) is 5.32 Å². The molecule has 14 heavy (non-hydrogen) atoms. The van der Waals surface area contributed by atoms with E-state index >= 15 is 0 Å². The SMILES string of the molecule is CCCC(CN)C(=O)NCCOCC. The topological polar surface area (TPSA) is 64.4 Å². The highest BCUT2D eigenvalue weighted by molar-refractivity contribution is 5.78. The van der Waals surface area contributed by atoms with Gasteiger partial charge in [0.1, 0.15) is 0 Å². The molecule has 0 aliphatic heterocycles. The van der Waals surface area contributed by atoms with Gasteiger partial charge in [-0.25, -0.2) is 0 Å². The van der Waals surface area contributed by atoms with Crippen LogP contribution in [0.1, 0.15) is 26.7 Å². The second-order valence-corrected chi connectivity index (χ2v) is 3.21. The molecule has 0 spiro atoms. The van der Waals surface area contributed by atoms with Gasteiger partial charge in [0.05, 0.1) is 12.5 Å². The molecule has 0 heterocycles. The fourth-order valence-electron chi connectivity index (χ4n) is 1.24. The zero-order valence-corrected chi connectivity index (χ0v) is 9.21. The van der Waals surface area contributed by atoms with Crippen molar-refractivity contribution < 1.29 is 9.53 Å². The number of rotatable bonds is 8. The molecule has 0 aliphatic carbocycles. The lowest BCUT2D eigenvalue weighted by molar-refractivity contribution is -0.125. The molecular formula is C10H22N2O2. The molecule has 0 aromatic rings. The smallest absolute Gasteiger partial charge is 0.224 e. The predicted molar refractivity (Wildman–Crippen MR) is 57.0 cm³/mol. The van der Waals surface area contributed by atoms with E-state index in [4.69, 9.17) is 10.5 Å². The Balaban J connectivity index is 3.58. The lowest BCUT2D eigenvalue weighted by Gasteiger charge is -2.13. The molecule has 4 heteroatoms. The molecule has 0 saturated carbocycles. The maximum Gasteiger partial charge on any atom is 0.224 e. The van der Waals surface area contributed by atoms with Gasteiger partial charge in [-0.2, -0.15) is 0 Å². The molecule has 1 atom stereocenters. The van der Waals surface area contributed by atoms with Crippen molar-refractivity contribution in [3.8, 4) is 0 Å². The van der Waals surface area contributed by atoms with Crippen LogP contribution in [0.5, 0.6) is 0 Å². The van der Waals surface area contributed by atoms with Gasteiger partial charge in [-0.05, 0) is 13.3 Å². The third-order valence-electron chi connectivity index (χ3n) is 2.04. The number of hydrogen-bond acceptors (Lipinski definition) is 3. The molecule has 0 fully saturated rings. The number of nitrogens with two attached hydrogens (primary N) is 1. The molecule has 0 radical (unpaired) electrons. The molecule has 0 aromatic carbocycles. The van der Waals surface area contributed by atoms with Crippen molar-refractivity contribution in [2.45, 2.75) is 26.7 Å². The average molecular weight is 202 g/mol. The number of nitrogens with one attached hydrogen (secondary N) is 1. The fourth-order valence-corrected chi connectivity index (χ4v) is 1.24. The van der Waals surface area contributed by atoms with Gasteiger partial charge in [0.15, 0.2) is 0 Å². The lowest BCUT2D eigenvalue weighted by atomic mass is 10.0. The normalized spacial score (nSPS) is 12.5. The highest BCUT2D eigenvalue weighted by atomic mass is 16.5. The quantitative estimate of drug-likeness (QED) is 0.564. The molecular weight excluding hydrogens is 180 g/mol. The first-order valence-electron chi connectivity index (χ1n) is 5.31. The summed E-state index contributed by atoms with van der Waals surface area (Å²) in [6, 6.07) is 0. The average Bonchev–Trinajstić information content (AvgIpc) is 2.20. The van der Waals surface area contributed by atoms with Crippen molar-refractivity contribution in [3.63, 3.8) is 0 Å². The van der Waals surface area contributed by atoms with Crippen LogP contribution in [0.15, 0.2) is 0 Å². The number of amides is 1. The summed E-state index contributed by atoms with van der Waals surface area (Å²) in [5.74, 6) is 0.00989. The Morgan fingerprint density at radius 3 is 2.71 bits per heavy atom. The van der Waals surface area contributed by atoms with Crippen LogP contribution in [-0.2, 0) is 9.53 Å². The Bertz CT molecular complexity index is 151. The molecule has 84 valence electrons. The van der Waals surface area contributed by atoms with Crippen LogP contribution in [0.4, 0.5) is 0 Å². The number of ether oxygens (including phenoxy) is 1. The van der Waals surface area contributed by atoms with E-state index in [0.717, 1.165) is 12.8 Å². The van der Waals surface area contributed by atoms with Gasteiger partial charge in [0.25, 0.3) is 0 Å². The molecule has 4 nitrogen and oxygen atoms in total. The molecule has 0 bridgehead atoms. The van der Waals surface area contributed by atoms with Gasteiger partial charge in [0, 0.05) is 19.7 Å². The van der Waals surface area contributed by atoms with Crippen LogP contribution in [0, 0.1) is 5.92 Å². The minimum Gasteiger partial charge on any atom is -0.380 e. The molecule has 0 rings (SSSR count). The Hall–Kier alpha value is -0.610. The Morgan fingerprint density at radius 1 is 1.50 bits per heavy atom. The Kier molecular flexibility index (Phi) is 8.57. The monoisotopic (exact) mass is 202 g/mol. The highest BCUT2D eigenvalue weighted by Gasteiger charge is 2.14. The summed E-state index contributed by atoms with van der Waals surface area (Å²) in [4.78, 5) is 11.5. The van der Waals surface area contributed by atoms with Crippen molar-refractivity contribution in [1.29, 1.82) is 0 Å². The van der Waals surface area contributed by atoms with Gasteiger partial charge in [-0.1, -0.05) is 13.3 Å². The first-order chi connectivity index (χ1) is 6.76. The summed E-state index contributed by atoms with van der Waals surface area (Å²) in [7, 11) is 0. The molecule has 0 aliphatic rings. The maximum atomic E-state index is 11.5. The zero-order valence-electron chi connectivity index (χ0n) is 9.21. The van der Waals surface area contributed by atoms with Gasteiger partial charge in [0.2, 0.25) is 5.91 Å². The molecule has 3 N–H and O–H groups in total. The summed E-state index contributed by atoms with van der Waals surface area (Å²) < 4.78 is 5.11. The van der Waals surface area contributed by atoms with Gasteiger partial charge >= 0.3 is 0 Å². The molecule has 0 aromatic heterocycles. The van der Waals surface area contributed by atoms with Crippen molar-refractivity contribution >= 4 is 5.91 Å². The first kappa shape index (κ1) is 13.4. The van der Waals surface area contributed by atoms with Crippen LogP contribution in [0.3, 0.4) is 0 Å². The van der Waals surface area contributed by atoms with Crippen molar-refractivity contribution in [2.75, 3.05) is 26.3 Å². The van der Waals surface area contributed by atoms with E-state index in [9.17, 15) is 4.79 Å². The third kappa shape index (κ3) is 5.94. The Morgan fingerprint density at radius 2 is 2.21 bits per heavy atom. The van der Waals surface area contributed by atoms with Crippen LogP contribution in [0.2, 0.25) is 0 Å². The second kappa shape index (κ2) is 8.97. The summed E-state index contributed by atoms with van der Waals surface area (Å²) in [5, 5.41) is 2.81. The van der Waals surface area contributed by atoms with Crippen LogP contribution in [0.25, 0.3) is 0 Å². The van der Waals surface area contributed by atoms with Gasteiger partial charge < -0.3 is 15.8 Å². The van der Waals surface area contributed by atoms with Crippen LogP contribution in [-0.4, -0.2) is 32.2 Å². The molecule has 0 saturated heterocycles. The maximum absolute atomic E-state index is 11.5. The van der Waals surface area contributed by atoms with Crippen LogP contribution < -0.4 is 11.1 Å². The van der Waals surface area contributed by atoms with Crippen molar-refractivity contribution in [3.05, 3.63) is 0 Å². The van der Waals surface area contributed by atoms with Crippen molar-refractivity contribution in [2.24, 2.45) is 11.7 Å². The highest BCUT2D eigenvalue weighted by Crippen LogP contribution is 2.03. The number of carbonyl (C=O) groups is 1. The first-order valence-corrected chi connectivity index (χ1v) is 5.31. The summed E-state index contributed by atoms with van der Waals surface area (Å²) in [6.07, 6.45) is 1.84. The van der Waals surface area contributed by atoms with E-state index in [1.807, 2.05) is 6.92 Å². The summed E-state index contributed by atoms with van der Waals surface area (Å²) >= 11 is 0. The number of hydrogen-bond donors (Lipinski definition) is 2. The minimum absolute atomic E-state index is 0.0402. The van der Waals surface area contributed by atoms with E-state index in [1.165, 1.54) is 0 Å². The number of carbonyl (C=O) groups excluding carboxylic acids is 1. The minimum atomic E-state index is -0.0402. The van der Waals surface area contributed by atoms with E-state index < -0.39 is 0 Å². The van der Waals surface area contributed by atoms with E-state index in [-0.39, 0.29) is 11.8 Å². The van der Waals surface area contributed by atoms with Gasteiger partial charge in [-0.3, -0.25) is 4.79 Å². The second-order valence-electron chi connectivity index (χ2n) is 3.21. The van der Waals surface area contributed by atoms with E-state index in [0.29, 0.717) is 26.3 Å². The van der Waals surface area contributed by atoms with E-state index in [2.05, 4.69) is 12.2 Å². The fraction of sp³-hybridized carbons (Fsp3) is 0.900.